The van der Waals surface area contributed by atoms with Crippen LogP contribution in [0.25, 0.3) is 0 Å². The number of carbonyl (C=O) groups is 1. The van der Waals surface area contributed by atoms with Crippen molar-refractivity contribution in [3.05, 3.63) is 63.7 Å². The van der Waals surface area contributed by atoms with Crippen molar-refractivity contribution in [2.24, 2.45) is 0 Å². The number of thioether (sulfide) groups is 1. The van der Waals surface area contributed by atoms with Crippen molar-refractivity contribution < 1.29 is 9.72 Å². The normalized spacial score (nSPS) is 21.8. The van der Waals surface area contributed by atoms with E-state index in [1.54, 1.807) is 18.2 Å². The van der Waals surface area contributed by atoms with Gasteiger partial charge in [-0.05, 0) is 30.8 Å². The maximum atomic E-state index is 11.4. The Balaban J connectivity index is 2.29. The van der Waals surface area contributed by atoms with Crippen LogP contribution in [0, 0.1) is 17.0 Å². The third kappa shape index (κ3) is 2.93. The van der Waals surface area contributed by atoms with Crippen LogP contribution in [0.3, 0.4) is 0 Å². The van der Waals surface area contributed by atoms with Gasteiger partial charge in [0.25, 0.3) is 4.87 Å². The SMILES string of the molecule is Cc1ccc(SC2([N+](=O)[O-])C=CC=C(C=O)C2)cc1. The molecule has 1 aliphatic carbocycles. The van der Waals surface area contributed by atoms with Crippen molar-refractivity contribution >= 4 is 18.0 Å². The smallest absolute Gasteiger partial charge is 0.294 e. The molecule has 1 atom stereocenters. The molecule has 5 heteroatoms. The van der Waals surface area contributed by atoms with Gasteiger partial charge in [-0.3, -0.25) is 14.9 Å². The van der Waals surface area contributed by atoms with Gasteiger partial charge in [-0.25, -0.2) is 0 Å². The van der Waals surface area contributed by atoms with E-state index < -0.39 is 4.87 Å². The molecule has 0 saturated heterocycles. The van der Waals surface area contributed by atoms with E-state index in [-0.39, 0.29) is 11.3 Å². The summed E-state index contributed by atoms with van der Waals surface area (Å²) in [5.41, 5.74) is 1.55. The van der Waals surface area contributed by atoms with Gasteiger partial charge < -0.3 is 0 Å². The first-order valence-electron chi connectivity index (χ1n) is 5.79. The molecule has 0 radical (unpaired) electrons. The summed E-state index contributed by atoms with van der Waals surface area (Å²) >= 11 is 1.16. The predicted octanol–water partition coefficient (Wildman–Crippen LogP) is 3.15. The topological polar surface area (TPSA) is 60.2 Å². The Morgan fingerprint density at radius 1 is 1.37 bits per heavy atom. The Morgan fingerprint density at radius 2 is 2.05 bits per heavy atom. The van der Waals surface area contributed by atoms with Crippen LogP contribution in [0.4, 0.5) is 0 Å². The third-order valence-electron chi connectivity index (χ3n) is 2.90. The van der Waals surface area contributed by atoms with Crippen LogP contribution in [0.2, 0.25) is 0 Å². The zero-order chi connectivity index (χ0) is 13.9. The van der Waals surface area contributed by atoms with E-state index >= 15 is 0 Å². The number of benzene rings is 1. The van der Waals surface area contributed by atoms with E-state index in [9.17, 15) is 14.9 Å². The van der Waals surface area contributed by atoms with Crippen LogP contribution in [0.5, 0.6) is 0 Å². The lowest BCUT2D eigenvalue weighted by Crippen LogP contribution is -2.34. The van der Waals surface area contributed by atoms with Gasteiger partial charge in [0.1, 0.15) is 6.29 Å². The monoisotopic (exact) mass is 275 g/mol. The van der Waals surface area contributed by atoms with Crippen LogP contribution < -0.4 is 0 Å². The van der Waals surface area contributed by atoms with E-state index in [4.69, 9.17) is 0 Å². The number of nitro groups is 1. The summed E-state index contributed by atoms with van der Waals surface area (Å²) in [5, 5.41) is 11.4. The molecule has 4 nitrogen and oxygen atoms in total. The molecular formula is C14H13NO3S. The zero-order valence-corrected chi connectivity index (χ0v) is 11.2. The molecule has 0 bridgehead atoms. The second-order valence-electron chi connectivity index (χ2n) is 4.41. The van der Waals surface area contributed by atoms with Crippen molar-refractivity contribution in [2.75, 3.05) is 0 Å². The number of carbonyl (C=O) groups excluding carboxylic acids is 1. The number of rotatable bonds is 4. The van der Waals surface area contributed by atoms with E-state index in [0.717, 1.165) is 22.2 Å². The highest BCUT2D eigenvalue weighted by Gasteiger charge is 2.43. The van der Waals surface area contributed by atoms with Gasteiger partial charge >= 0.3 is 0 Å². The Bertz CT molecular complexity index is 563. The van der Waals surface area contributed by atoms with Gasteiger partial charge in [0.05, 0.1) is 6.42 Å². The first-order chi connectivity index (χ1) is 9.05. The van der Waals surface area contributed by atoms with E-state index in [2.05, 4.69) is 0 Å². The quantitative estimate of drug-likeness (QED) is 0.366. The van der Waals surface area contributed by atoms with Gasteiger partial charge in [-0.15, -0.1) is 0 Å². The fraction of sp³-hybridized carbons (Fsp3) is 0.214. The maximum Gasteiger partial charge on any atom is 0.294 e. The minimum absolute atomic E-state index is 0.110. The second kappa shape index (κ2) is 5.40. The number of allylic oxidation sites excluding steroid dienone is 2. The minimum Gasteiger partial charge on any atom is -0.298 e. The van der Waals surface area contributed by atoms with Gasteiger partial charge in [-0.2, -0.15) is 0 Å². The molecule has 0 saturated carbocycles. The van der Waals surface area contributed by atoms with Crippen molar-refractivity contribution in [3.63, 3.8) is 0 Å². The average Bonchev–Trinajstić information content (AvgIpc) is 2.41. The van der Waals surface area contributed by atoms with Gasteiger partial charge in [0.15, 0.2) is 0 Å². The average molecular weight is 275 g/mol. The van der Waals surface area contributed by atoms with Gasteiger partial charge in [0, 0.05) is 21.5 Å². The highest BCUT2D eigenvalue weighted by Crippen LogP contribution is 2.41. The molecule has 2 rings (SSSR count). The molecule has 1 aliphatic rings. The second-order valence-corrected chi connectivity index (χ2v) is 5.79. The van der Waals surface area contributed by atoms with E-state index in [0.29, 0.717) is 11.9 Å². The van der Waals surface area contributed by atoms with Crippen molar-refractivity contribution in [2.45, 2.75) is 23.1 Å². The summed E-state index contributed by atoms with van der Waals surface area (Å²) in [5.74, 6) is 0. The number of hydrogen-bond donors (Lipinski definition) is 0. The summed E-state index contributed by atoms with van der Waals surface area (Å²) in [4.78, 5) is 21.4. The highest BCUT2D eigenvalue weighted by atomic mass is 32.2. The third-order valence-corrected chi connectivity index (χ3v) is 4.19. The Kier molecular flexibility index (Phi) is 3.85. The summed E-state index contributed by atoms with van der Waals surface area (Å²) in [6.45, 7) is 1.96. The molecule has 1 unspecified atom stereocenters. The summed E-state index contributed by atoms with van der Waals surface area (Å²) in [6.07, 6.45) is 5.53. The fourth-order valence-electron chi connectivity index (χ4n) is 1.86. The summed E-state index contributed by atoms with van der Waals surface area (Å²) < 4.78 is 0. The highest BCUT2D eigenvalue weighted by molar-refractivity contribution is 8.00. The van der Waals surface area contributed by atoms with Gasteiger partial charge in [0.2, 0.25) is 0 Å². The van der Waals surface area contributed by atoms with E-state index in [1.807, 2.05) is 31.2 Å². The van der Waals surface area contributed by atoms with Crippen LogP contribution in [-0.4, -0.2) is 16.1 Å². The molecule has 0 N–H and O–H groups in total. The van der Waals surface area contributed by atoms with Crippen LogP contribution in [0.1, 0.15) is 12.0 Å². The molecule has 0 heterocycles. The van der Waals surface area contributed by atoms with Crippen molar-refractivity contribution in [3.8, 4) is 0 Å². The minimum atomic E-state index is -1.29. The molecule has 0 amide bonds. The molecule has 0 spiro atoms. The number of hydrogen-bond acceptors (Lipinski definition) is 4. The van der Waals surface area contributed by atoms with Crippen LogP contribution >= 0.6 is 11.8 Å². The lowest BCUT2D eigenvalue weighted by molar-refractivity contribution is -0.524. The summed E-state index contributed by atoms with van der Waals surface area (Å²) in [7, 11) is 0. The first-order valence-corrected chi connectivity index (χ1v) is 6.61. The largest absolute Gasteiger partial charge is 0.298 e. The Labute approximate surface area is 115 Å². The molecule has 0 aliphatic heterocycles. The maximum absolute atomic E-state index is 11.4. The number of aryl methyl sites for hydroxylation is 1. The Morgan fingerprint density at radius 3 is 2.63 bits per heavy atom. The Hall–Kier alpha value is -1.88. The van der Waals surface area contributed by atoms with Crippen LogP contribution in [0.15, 0.2) is 53.0 Å². The van der Waals surface area contributed by atoms with Gasteiger partial charge in [-0.1, -0.05) is 29.8 Å². The van der Waals surface area contributed by atoms with E-state index in [1.165, 1.54) is 0 Å². The molecule has 0 fully saturated rings. The molecule has 1 aromatic rings. The van der Waals surface area contributed by atoms with Crippen molar-refractivity contribution in [1.82, 2.24) is 0 Å². The summed E-state index contributed by atoms with van der Waals surface area (Å²) in [6, 6.07) is 7.55. The molecule has 1 aromatic carbocycles. The lowest BCUT2D eigenvalue weighted by atomic mass is 10.0. The van der Waals surface area contributed by atoms with Crippen molar-refractivity contribution in [1.29, 1.82) is 0 Å². The van der Waals surface area contributed by atoms with Crippen LogP contribution in [-0.2, 0) is 4.79 Å². The first kappa shape index (κ1) is 13.5. The molecule has 98 valence electrons. The predicted molar refractivity (Wildman–Crippen MR) is 74.7 cm³/mol. The molecular weight excluding hydrogens is 262 g/mol. The fourth-order valence-corrected chi connectivity index (χ4v) is 3.00. The zero-order valence-electron chi connectivity index (χ0n) is 10.4. The number of aldehydes is 1. The number of nitrogens with zero attached hydrogens (tertiary/aromatic N) is 1. The molecule has 0 aromatic heterocycles. The standard InChI is InChI=1S/C14H13NO3S/c1-11-4-6-13(7-5-11)19-14(15(17)18)8-2-3-12(9-14)10-16/h2-8,10H,9H2,1H3. The lowest BCUT2D eigenvalue weighted by Gasteiger charge is -2.23. The molecule has 19 heavy (non-hydrogen) atoms.